The zero-order valence-electron chi connectivity index (χ0n) is 15.1. The molecule has 2 aromatic carbocycles. The van der Waals surface area contributed by atoms with E-state index in [0.29, 0.717) is 23.1 Å². The molecule has 1 aliphatic rings. The fourth-order valence-electron chi connectivity index (χ4n) is 3.08. The SMILES string of the molecule is O=C(NCc1cc(F)cc(Cl)c1)C1(O)CCN(c2cc(C(F)(F)F)ccc2F)C1=O. The summed E-state index contributed by atoms with van der Waals surface area (Å²) < 4.78 is 66.2. The molecule has 1 aliphatic heterocycles. The maximum atomic E-state index is 14.1. The summed E-state index contributed by atoms with van der Waals surface area (Å²) in [7, 11) is 0. The van der Waals surface area contributed by atoms with Gasteiger partial charge in [-0.3, -0.25) is 9.59 Å². The van der Waals surface area contributed by atoms with Gasteiger partial charge in [0.15, 0.2) is 0 Å². The molecule has 2 N–H and O–H groups in total. The van der Waals surface area contributed by atoms with Gasteiger partial charge in [0.25, 0.3) is 11.8 Å². The highest BCUT2D eigenvalue weighted by atomic mass is 35.5. The standard InChI is InChI=1S/C19H14ClF5N2O3/c20-12-5-10(6-13(21)8-12)9-26-16(28)18(30)3-4-27(17(18)29)15-7-11(19(23,24)25)1-2-14(15)22/h1-2,5-8,30H,3-4,9H2,(H,26,28). The van der Waals surface area contributed by atoms with E-state index in [1.165, 1.54) is 6.07 Å². The van der Waals surface area contributed by atoms with E-state index < -0.39 is 52.9 Å². The Labute approximate surface area is 172 Å². The normalized spacial score (nSPS) is 19.3. The number of alkyl halides is 3. The third kappa shape index (κ3) is 4.24. The number of anilines is 1. The van der Waals surface area contributed by atoms with Crippen LogP contribution in [-0.2, 0) is 22.3 Å². The first-order chi connectivity index (χ1) is 13.9. The van der Waals surface area contributed by atoms with E-state index in [-0.39, 0.29) is 23.7 Å². The van der Waals surface area contributed by atoms with Crippen LogP contribution >= 0.6 is 11.6 Å². The zero-order chi connectivity index (χ0) is 22.3. The van der Waals surface area contributed by atoms with Crippen LogP contribution in [0.1, 0.15) is 17.5 Å². The van der Waals surface area contributed by atoms with Crippen molar-refractivity contribution in [1.29, 1.82) is 0 Å². The summed E-state index contributed by atoms with van der Waals surface area (Å²) in [5.74, 6) is -4.19. The van der Waals surface area contributed by atoms with Crippen molar-refractivity contribution in [3.63, 3.8) is 0 Å². The molecule has 30 heavy (non-hydrogen) atoms. The summed E-state index contributed by atoms with van der Waals surface area (Å²) in [6.45, 7) is -0.656. The number of aliphatic hydroxyl groups is 1. The molecule has 2 aromatic rings. The van der Waals surface area contributed by atoms with Crippen LogP contribution in [0.4, 0.5) is 27.6 Å². The van der Waals surface area contributed by atoms with Gasteiger partial charge in [-0.2, -0.15) is 13.2 Å². The van der Waals surface area contributed by atoms with E-state index in [0.717, 1.165) is 12.1 Å². The van der Waals surface area contributed by atoms with Crippen molar-refractivity contribution in [2.24, 2.45) is 0 Å². The lowest BCUT2D eigenvalue weighted by molar-refractivity contribution is -0.149. The predicted octanol–water partition coefficient (Wildman–Crippen LogP) is 3.42. The van der Waals surface area contributed by atoms with Crippen LogP contribution in [0.15, 0.2) is 36.4 Å². The predicted molar refractivity (Wildman–Crippen MR) is 96.6 cm³/mol. The topological polar surface area (TPSA) is 69.6 Å². The average Bonchev–Trinajstić information content (AvgIpc) is 2.94. The largest absolute Gasteiger partial charge is 0.416 e. The highest BCUT2D eigenvalue weighted by Gasteiger charge is 2.52. The first-order valence-electron chi connectivity index (χ1n) is 8.56. The first-order valence-corrected chi connectivity index (χ1v) is 8.94. The fraction of sp³-hybridized carbons (Fsp3) is 0.263. The van der Waals surface area contributed by atoms with Gasteiger partial charge >= 0.3 is 6.18 Å². The summed E-state index contributed by atoms with van der Waals surface area (Å²) >= 11 is 5.71. The molecule has 1 unspecified atom stereocenters. The van der Waals surface area contributed by atoms with Crippen LogP contribution in [0.25, 0.3) is 0 Å². The number of rotatable bonds is 4. The van der Waals surface area contributed by atoms with Crippen molar-refractivity contribution in [2.45, 2.75) is 24.7 Å². The van der Waals surface area contributed by atoms with Gasteiger partial charge in [0.05, 0.1) is 11.3 Å². The molecule has 5 nitrogen and oxygen atoms in total. The van der Waals surface area contributed by atoms with E-state index in [2.05, 4.69) is 5.32 Å². The Morgan fingerprint density at radius 3 is 2.53 bits per heavy atom. The first kappa shape index (κ1) is 22.0. The van der Waals surface area contributed by atoms with Crippen LogP contribution in [0.5, 0.6) is 0 Å². The molecule has 0 aromatic heterocycles. The maximum Gasteiger partial charge on any atom is 0.416 e. The molecule has 2 amide bonds. The summed E-state index contributed by atoms with van der Waals surface area (Å²) in [5.41, 5.74) is -4.24. The fourth-order valence-corrected chi connectivity index (χ4v) is 3.33. The summed E-state index contributed by atoms with van der Waals surface area (Å²) in [5, 5.41) is 12.8. The molecular weight excluding hydrogens is 435 g/mol. The number of hydrogen-bond acceptors (Lipinski definition) is 3. The number of benzene rings is 2. The quantitative estimate of drug-likeness (QED) is 0.556. The number of halogens is 6. The van der Waals surface area contributed by atoms with E-state index in [4.69, 9.17) is 11.6 Å². The number of nitrogens with zero attached hydrogens (tertiary/aromatic N) is 1. The van der Waals surface area contributed by atoms with Gasteiger partial charge in [-0.05, 0) is 42.0 Å². The minimum atomic E-state index is -4.77. The summed E-state index contributed by atoms with van der Waals surface area (Å²) in [6, 6.07) is 4.99. The van der Waals surface area contributed by atoms with Crippen LogP contribution < -0.4 is 10.2 Å². The smallest absolute Gasteiger partial charge is 0.372 e. The third-order valence-corrected chi connectivity index (χ3v) is 4.83. The molecule has 1 saturated heterocycles. The molecule has 1 atom stereocenters. The molecule has 3 rings (SSSR count). The van der Waals surface area contributed by atoms with E-state index in [9.17, 15) is 36.6 Å². The molecule has 0 spiro atoms. The van der Waals surface area contributed by atoms with Crippen LogP contribution in [-0.4, -0.2) is 29.1 Å². The van der Waals surface area contributed by atoms with Crippen LogP contribution in [0.3, 0.4) is 0 Å². The minimum Gasteiger partial charge on any atom is -0.372 e. The molecule has 160 valence electrons. The Morgan fingerprint density at radius 1 is 1.20 bits per heavy atom. The van der Waals surface area contributed by atoms with E-state index >= 15 is 0 Å². The lowest BCUT2D eigenvalue weighted by Crippen LogP contribution is -2.52. The van der Waals surface area contributed by atoms with Gasteiger partial charge in [0.2, 0.25) is 5.60 Å². The van der Waals surface area contributed by atoms with Crippen molar-refractivity contribution < 1.29 is 36.6 Å². The van der Waals surface area contributed by atoms with E-state index in [1.54, 1.807) is 0 Å². The number of amides is 2. The Kier molecular flexibility index (Phi) is 5.74. The van der Waals surface area contributed by atoms with Crippen LogP contribution in [0.2, 0.25) is 5.02 Å². The van der Waals surface area contributed by atoms with Gasteiger partial charge < -0.3 is 15.3 Å². The molecule has 1 heterocycles. The highest BCUT2D eigenvalue weighted by molar-refractivity contribution is 6.30. The monoisotopic (exact) mass is 448 g/mol. The highest BCUT2D eigenvalue weighted by Crippen LogP contribution is 2.36. The number of carbonyl (C=O) groups is 2. The molecule has 0 saturated carbocycles. The number of hydrogen-bond donors (Lipinski definition) is 2. The molecule has 0 bridgehead atoms. The van der Waals surface area contributed by atoms with Gasteiger partial charge in [-0.1, -0.05) is 11.6 Å². The van der Waals surface area contributed by atoms with Crippen LogP contribution in [0, 0.1) is 11.6 Å². The van der Waals surface area contributed by atoms with Gasteiger partial charge in [0.1, 0.15) is 11.6 Å². The molecule has 11 heteroatoms. The Hall–Kier alpha value is -2.72. The molecular formula is C19H14ClF5N2O3. The molecule has 0 radical (unpaired) electrons. The zero-order valence-corrected chi connectivity index (χ0v) is 15.8. The van der Waals surface area contributed by atoms with Crippen molar-refractivity contribution >= 4 is 29.1 Å². The molecule has 0 aliphatic carbocycles. The van der Waals surface area contributed by atoms with Gasteiger partial charge in [-0.25, -0.2) is 8.78 Å². The Morgan fingerprint density at radius 2 is 1.90 bits per heavy atom. The second-order valence-corrected chi connectivity index (χ2v) is 7.13. The molecule has 1 fully saturated rings. The summed E-state index contributed by atoms with van der Waals surface area (Å²) in [4.78, 5) is 25.6. The number of nitrogens with one attached hydrogen (secondary N) is 1. The van der Waals surface area contributed by atoms with E-state index in [1.807, 2.05) is 0 Å². The minimum absolute atomic E-state index is 0.0705. The van der Waals surface area contributed by atoms with Gasteiger partial charge in [0, 0.05) is 24.5 Å². The van der Waals surface area contributed by atoms with Gasteiger partial charge in [-0.15, -0.1) is 0 Å². The average molecular weight is 449 g/mol. The lowest BCUT2D eigenvalue weighted by atomic mass is 10.0. The number of carbonyl (C=O) groups excluding carboxylic acids is 2. The van der Waals surface area contributed by atoms with Crippen molar-refractivity contribution in [3.05, 3.63) is 64.2 Å². The summed E-state index contributed by atoms with van der Waals surface area (Å²) in [6.07, 6.45) is -5.25. The third-order valence-electron chi connectivity index (χ3n) is 4.61. The Balaban J connectivity index is 1.79. The van der Waals surface area contributed by atoms with Crippen molar-refractivity contribution in [3.8, 4) is 0 Å². The van der Waals surface area contributed by atoms with Crippen molar-refractivity contribution in [2.75, 3.05) is 11.4 Å². The van der Waals surface area contributed by atoms with Crippen molar-refractivity contribution in [1.82, 2.24) is 5.32 Å². The Bertz CT molecular complexity index is 994. The second kappa shape index (κ2) is 7.84. The lowest BCUT2D eigenvalue weighted by Gasteiger charge is -2.22. The maximum absolute atomic E-state index is 14.1. The second-order valence-electron chi connectivity index (χ2n) is 6.69.